The van der Waals surface area contributed by atoms with Gasteiger partial charge in [0.05, 0.1) is 6.04 Å². The summed E-state index contributed by atoms with van der Waals surface area (Å²) in [5.41, 5.74) is -1.27. The fourth-order valence-corrected chi connectivity index (χ4v) is 6.00. The van der Waals surface area contributed by atoms with Crippen molar-refractivity contribution in [2.24, 2.45) is 11.3 Å². The topological polar surface area (TPSA) is 163 Å². The first-order valence-corrected chi connectivity index (χ1v) is 19.8. The number of nitrogens with zero attached hydrogens (tertiary/aromatic N) is 1. The van der Waals surface area contributed by atoms with Crippen LogP contribution < -0.4 is 21.3 Å². The Kier molecular flexibility index (Phi) is 26.5. The summed E-state index contributed by atoms with van der Waals surface area (Å²) in [5, 5.41) is 10.6. The maximum absolute atomic E-state index is 14.3. The number of hydrogen-bond donors (Lipinski definition) is 4. The second kappa shape index (κ2) is 27.2. The second-order valence-corrected chi connectivity index (χ2v) is 14.8. The molecule has 0 bridgehead atoms. The van der Waals surface area contributed by atoms with Crippen LogP contribution in [0, 0.1) is 11.3 Å². The van der Waals surface area contributed by atoms with Crippen LogP contribution in [0.5, 0.6) is 0 Å². The highest BCUT2D eigenvalue weighted by atomic mass is 16.6. The summed E-state index contributed by atoms with van der Waals surface area (Å²) in [4.78, 5) is 80.0. The van der Waals surface area contributed by atoms with E-state index in [-0.39, 0.29) is 31.3 Å². The van der Waals surface area contributed by atoms with Crippen LogP contribution >= 0.6 is 0 Å². The molecule has 0 spiro atoms. The highest BCUT2D eigenvalue weighted by Gasteiger charge is 2.48. The van der Waals surface area contributed by atoms with Crippen molar-refractivity contribution in [3.63, 3.8) is 0 Å². The van der Waals surface area contributed by atoms with Crippen LogP contribution in [0.2, 0.25) is 0 Å². The van der Waals surface area contributed by atoms with Crippen molar-refractivity contribution in [3.05, 3.63) is 12.7 Å². The van der Waals surface area contributed by atoms with E-state index in [1.165, 1.54) is 23.8 Å². The van der Waals surface area contributed by atoms with E-state index in [9.17, 15) is 28.8 Å². The minimum atomic E-state index is -1.03. The van der Waals surface area contributed by atoms with Crippen LogP contribution in [-0.2, 0) is 28.7 Å². The van der Waals surface area contributed by atoms with Gasteiger partial charge in [0.25, 0.3) is 5.91 Å². The highest BCUT2D eigenvalue weighted by molar-refractivity contribution is 6.38. The maximum atomic E-state index is 14.3. The Morgan fingerprint density at radius 1 is 0.923 bits per heavy atom. The van der Waals surface area contributed by atoms with E-state index in [4.69, 9.17) is 4.74 Å². The van der Waals surface area contributed by atoms with Gasteiger partial charge in [-0.3, -0.25) is 24.0 Å². The summed E-state index contributed by atoms with van der Waals surface area (Å²) >= 11 is 0. The number of carbonyl (C=O) groups excluding carboxylic acids is 6. The van der Waals surface area contributed by atoms with Crippen LogP contribution in [0.25, 0.3) is 0 Å². The first kappa shape index (κ1) is 50.7. The summed E-state index contributed by atoms with van der Waals surface area (Å²) in [5.74, 6) is -3.24. The van der Waals surface area contributed by atoms with Crippen LogP contribution in [0.3, 0.4) is 0 Å². The summed E-state index contributed by atoms with van der Waals surface area (Å²) in [6.45, 7) is 27.1. The molecule has 1 saturated carbocycles. The van der Waals surface area contributed by atoms with Gasteiger partial charge in [0.1, 0.15) is 24.2 Å². The smallest absolute Gasteiger partial charge is 0.325 e. The predicted octanol–water partition coefficient (Wildman–Crippen LogP) is 6.61. The standard InChI is InChI=1S/C32H53N5O7.2C3H8.C2H6/c1-8-10-14-22(25(39)28(41)33-18-9-2)35-27(40)24-21(3)15-19-37(24)29(42)26(32(7)16-12-11-13-17-32)36-30(43)34-20-23(38)44-31(4,5)6;2*1-3-2;1-2/h9,21-22,24,26H,2,8,10-20H2,1,3-7H3,(H,33,41)(H,35,40)(H2,34,36,43);2*3H2,1-2H3;1-2H3. The minimum Gasteiger partial charge on any atom is -0.459 e. The molecule has 0 aromatic heterocycles. The third-order valence-electron chi connectivity index (χ3n) is 8.39. The number of hydrogen-bond acceptors (Lipinski definition) is 7. The zero-order valence-corrected chi connectivity index (χ0v) is 34.8. The molecule has 2 fully saturated rings. The molecule has 302 valence electrons. The van der Waals surface area contributed by atoms with Crippen molar-refractivity contribution < 1.29 is 33.5 Å². The Labute approximate surface area is 315 Å². The van der Waals surface area contributed by atoms with E-state index in [0.29, 0.717) is 32.2 Å². The number of ketones is 1. The number of carbonyl (C=O) groups is 6. The van der Waals surface area contributed by atoms with E-state index in [0.717, 1.165) is 25.7 Å². The summed E-state index contributed by atoms with van der Waals surface area (Å²) in [6, 6.07) is -3.52. The van der Waals surface area contributed by atoms with E-state index >= 15 is 0 Å². The summed E-state index contributed by atoms with van der Waals surface area (Å²) in [6.07, 6.45) is 10.4. The lowest BCUT2D eigenvalue weighted by Gasteiger charge is -2.42. The Morgan fingerprint density at radius 3 is 1.98 bits per heavy atom. The first-order chi connectivity index (χ1) is 24.5. The lowest BCUT2D eigenvalue weighted by Crippen LogP contribution is -2.62. The number of rotatable bonds is 14. The number of esters is 1. The van der Waals surface area contributed by atoms with Gasteiger partial charge in [0, 0.05) is 13.1 Å². The van der Waals surface area contributed by atoms with Gasteiger partial charge >= 0.3 is 12.0 Å². The Morgan fingerprint density at radius 2 is 1.48 bits per heavy atom. The number of likely N-dealkylation sites (tertiary alicyclic amines) is 1. The molecule has 52 heavy (non-hydrogen) atoms. The molecule has 4 N–H and O–H groups in total. The van der Waals surface area contributed by atoms with Gasteiger partial charge in [-0.1, -0.05) is 113 Å². The van der Waals surface area contributed by atoms with E-state index in [1.54, 1.807) is 20.8 Å². The molecule has 4 atom stereocenters. The second-order valence-electron chi connectivity index (χ2n) is 14.8. The van der Waals surface area contributed by atoms with Gasteiger partial charge in [-0.2, -0.15) is 0 Å². The highest BCUT2D eigenvalue weighted by Crippen LogP contribution is 2.40. The Bertz CT molecular complexity index is 1100. The quantitative estimate of drug-likeness (QED) is 0.0886. The van der Waals surface area contributed by atoms with Gasteiger partial charge < -0.3 is 30.9 Å². The molecule has 2 rings (SSSR count). The lowest BCUT2D eigenvalue weighted by molar-refractivity contribution is -0.153. The van der Waals surface area contributed by atoms with Gasteiger partial charge in [0.2, 0.25) is 17.6 Å². The van der Waals surface area contributed by atoms with Gasteiger partial charge in [-0.25, -0.2) is 4.79 Å². The maximum Gasteiger partial charge on any atom is 0.325 e. The van der Waals surface area contributed by atoms with Crippen LogP contribution in [-0.4, -0.2) is 83.8 Å². The SMILES string of the molecule is C=CCNC(=O)C(=O)C(CCCC)NC(=O)C1C(C)CCN1C(=O)C(NC(=O)NCC(=O)OC(C)(C)C)C1(C)CCCCC1.CC.CCC.CCC. The van der Waals surface area contributed by atoms with Crippen LogP contribution in [0.4, 0.5) is 4.79 Å². The fraction of sp³-hybridized carbons (Fsp3) is 0.800. The molecule has 1 aliphatic heterocycles. The van der Waals surface area contributed by atoms with E-state index in [2.05, 4.69) is 55.5 Å². The number of urea groups is 1. The Balaban J connectivity index is 0. The van der Waals surface area contributed by atoms with Crippen molar-refractivity contribution in [1.82, 2.24) is 26.2 Å². The molecule has 1 aliphatic carbocycles. The number of ether oxygens (including phenoxy) is 1. The van der Waals surface area contributed by atoms with E-state index in [1.807, 2.05) is 34.6 Å². The zero-order chi connectivity index (χ0) is 40.5. The molecule has 2 aliphatic rings. The van der Waals surface area contributed by atoms with Gasteiger partial charge in [0.15, 0.2) is 0 Å². The van der Waals surface area contributed by atoms with Crippen molar-refractivity contribution >= 4 is 35.5 Å². The average Bonchev–Trinajstić information content (AvgIpc) is 3.48. The molecule has 4 unspecified atom stereocenters. The van der Waals surface area contributed by atoms with Crippen molar-refractivity contribution in [3.8, 4) is 0 Å². The normalized spacial score (nSPS) is 18.5. The Hall–Kier alpha value is -3.44. The lowest BCUT2D eigenvalue weighted by atomic mass is 9.70. The van der Waals surface area contributed by atoms with Crippen molar-refractivity contribution in [1.29, 1.82) is 0 Å². The van der Waals surface area contributed by atoms with Crippen molar-refractivity contribution in [2.45, 2.75) is 177 Å². The molecule has 0 aromatic rings. The number of nitrogens with one attached hydrogen (secondary N) is 4. The molecule has 1 heterocycles. The minimum absolute atomic E-state index is 0.124. The molecule has 1 saturated heterocycles. The molecule has 12 heteroatoms. The first-order valence-electron chi connectivity index (χ1n) is 19.8. The van der Waals surface area contributed by atoms with Crippen LogP contribution in [0.15, 0.2) is 12.7 Å². The third-order valence-corrected chi connectivity index (χ3v) is 8.39. The molecule has 0 aromatic carbocycles. The molecule has 0 radical (unpaired) electrons. The molecule has 12 nitrogen and oxygen atoms in total. The number of amides is 5. The van der Waals surface area contributed by atoms with Crippen LogP contribution in [0.1, 0.15) is 154 Å². The summed E-state index contributed by atoms with van der Waals surface area (Å²) < 4.78 is 5.26. The predicted molar refractivity (Wildman–Crippen MR) is 210 cm³/mol. The monoisotopic (exact) mass is 738 g/mol. The molecular formula is C40H75N5O7. The van der Waals surface area contributed by atoms with Gasteiger partial charge in [-0.05, 0) is 57.8 Å². The molecule has 5 amide bonds. The fourth-order valence-electron chi connectivity index (χ4n) is 6.00. The third kappa shape index (κ3) is 18.9. The molecular weight excluding hydrogens is 662 g/mol. The van der Waals surface area contributed by atoms with Crippen molar-refractivity contribution in [2.75, 3.05) is 19.6 Å². The van der Waals surface area contributed by atoms with Gasteiger partial charge in [-0.15, -0.1) is 6.58 Å². The number of Topliss-reactive ketones (excluding diaryl/α,β-unsaturated/α-hetero) is 1. The zero-order valence-electron chi connectivity index (χ0n) is 34.8. The number of unbranched alkanes of at least 4 members (excludes halogenated alkanes) is 1. The average molecular weight is 738 g/mol. The largest absolute Gasteiger partial charge is 0.459 e. The van der Waals surface area contributed by atoms with E-state index < -0.39 is 58.7 Å². The summed E-state index contributed by atoms with van der Waals surface area (Å²) in [7, 11) is 0.